The highest BCUT2D eigenvalue weighted by Gasteiger charge is 2.24. The van der Waals surface area contributed by atoms with Crippen LogP contribution in [0.5, 0.6) is 0 Å². The van der Waals surface area contributed by atoms with Gasteiger partial charge in [0.05, 0.1) is 0 Å². The predicted molar refractivity (Wildman–Crippen MR) is 53.4 cm³/mol. The van der Waals surface area contributed by atoms with Gasteiger partial charge in [0.2, 0.25) is 0 Å². The molecule has 0 aromatic heterocycles. The molecule has 1 fully saturated rings. The minimum atomic E-state index is 0.741. The van der Waals surface area contributed by atoms with Crippen LogP contribution in [-0.2, 0) is 0 Å². The Kier molecular flexibility index (Phi) is 4.02. The summed E-state index contributed by atoms with van der Waals surface area (Å²) >= 11 is 0. The van der Waals surface area contributed by atoms with Gasteiger partial charge in [0.15, 0.2) is 0 Å². The Morgan fingerprint density at radius 3 is 2.50 bits per heavy atom. The van der Waals surface area contributed by atoms with Crippen LogP contribution in [0.4, 0.5) is 0 Å². The summed E-state index contributed by atoms with van der Waals surface area (Å²) in [6, 6.07) is 1.56. The molecule has 0 saturated carbocycles. The van der Waals surface area contributed by atoms with Gasteiger partial charge in [-0.05, 0) is 26.3 Å². The molecule has 0 bridgehead atoms. The van der Waals surface area contributed by atoms with E-state index in [1.54, 1.807) is 0 Å². The first-order chi connectivity index (χ1) is 5.81. The average molecular weight is 170 g/mol. The molecule has 12 heavy (non-hydrogen) atoms. The van der Waals surface area contributed by atoms with Crippen LogP contribution in [0.3, 0.4) is 0 Å². The standard InChI is InChI=1S/C10H22N2/c1-4-10(5-2)12-7-6-9(8-12)11-3/h9-11H,4-8H2,1-3H3. The summed E-state index contributed by atoms with van der Waals surface area (Å²) in [6.45, 7) is 7.13. The molecule has 0 amide bonds. The maximum Gasteiger partial charge on any atom is 0.0204 e. The number of nitrogens with zero attached hydrogens (tertiary/aromatic N) is 1. The van der Waals surface area contributed by atoms with Gasteiger partial charge in [-0.25, -0.2) is 0 Å². The summed E-state index contributed by atoms with van der Waals surface area (Å²) in [6.07, 6.45) is 3.92. The monoisotopic (exact) mass is 170 g/mol. The van der Waals surface area contributed by atoms with E-state index in [1.165, 1.54) is 32.4 Å². The molecule has 1 atom stereocenters. The summed E-state index contributed by atoms with van der Waals surface area (Å²) < 4.78 is 0. The topological polar surface area (TPSA) is 15.3 Å². The predicted octanol–water partition coefficient (Wildman–Crippen LogP) is 1.47. The fourth-order valence-corrected chi connectivity index (χ4v) is 2.16. The Bertz CT molecular complexity index is 121. The number of likely N-dealkylation sites (tertiary alicyclic amines) is 1. The fraction of sp³-hybridized carbons (Fsp3) is 1.00. The highest BCUT2D eigenvalue weighted by Crippen LogP contribution is 2.16. The van der Waals surface area contributed by atoms with Crippen LogP contribution in [0.2, 0.25) is 0 Å². The summed E-state index contributed by atoms with van der Waals surface area (Å²) in [7, 11) is 2.07. The van der Waals surface area contributed by atoms with Crippen molar-refractivity contribution in [2.45, 2.75) is 45.2 Å². The van der Waals surface area contributed by atoms with Gasteiger partial charge in [-0.2, -0.15) is 0 Å². The zero-order valence-electron chi connectivity index (χ0n) is 8.64. The van der Waals surface area contributed by atoms with E-state index < -0.39 is 0 Å². The molecule has 1 unspecified atom stereocenters. The van der Waals surface area contributed by atoms with Gasteiger partial charge in [0, 0.05) is 25.2 Å². The number of hydrogen-bond acceptors (Lipinski definition) is 2. The van der Waals surface area contributed by atoms with E-state index >= 15 is 0 Å². The van der Waals surface area contributed by atoms with Gasteiger partial charge in [0.25, 0.3) is 0 Å². The van der Waals surface area contributed by atoms with Crippen LogP contribution < -0.4 is 5.32 Å². The molecule has 1 rings (SSSR count). The van der Waals surface area contributed by atoms with Crippen molar-refractivity contribution in [2.24, 2.45) is 0 Å². The maximum atomic E-state index is 3.36. The molecule has 1 heterocycles. The Hall–Kier alpha value is -0.0800. The first kappa shape index (κ1) is 10.0. The third kappa shape index (κ3) is 2.20. The van der Waals surface area contributed by atoms with Crippen LogP contribution in [0.15, 0.2) is 0 Å². The van der Waals surface area contributed by atoms with E-state index in [2.05, 4.69) is 31.1 Å². The molecule has 0 radical (unpaired) electrons. The second kappa shape index (κ2) is 4.83. The smallest absolute Gasteiger partial charge is 0.0204 e. The number of hydrogen-bond donors (Lipinski definition) is 1. The van der Waals surface area contributed by atoms with Gasteiger partial charge >= 0.3 is 0 Å². The highest BCUT2D eigenvalue weighted by atomic mass is 15.2. The Morgan fingerprint density at radius 1 is 1.42 bits per heavy atom. The second-order valence-corrected chi connectivity index (χ2v) is 3.74. The zero-order valence-corrected chi connectivity index (χ0v) is 8.64. The molecule has 0 aromatic carbocycles. The maximum absolute atomic E-state index is 3.36. The third-order valence-electron chi connectivity index (χ3n) is 3.09. The minimum absolute atomic E-state index is 0.741. The summed E-state index contributed by atoms with van der Waals surface area (Å²) in [4.78, 5) is 2.63. The first-order valence-electron chi connectivity index (χ1n) is 5.23. The largest absolute Gasteiger partial charge is 0.316 e. The quantitative estimate of drug-likeness (QED) is 0.687. The van der Waals surface area contributed by atoms with E-state index in [0.29, 0.717) is 0 Å². The van der Waals surface area contributed by atoms with Crippen LogP contribution in [0.25, 0.3) is 0 Å². The van der Waals surface area contributed by atoms with Crippen LogP contribution in [-0.4, -0.2) is 37.1 Å². The molecular weight excluding hydrogens is 148 g/mol. The molecule has 72 valence electrons. The van der Waals surface area contributed by atoms with Gasteiger partial charge < -0.3 is 5.32 Å². The van der Waals surface area contributed by atoms with E-state index in [1.807, 2.05) is 0 Å². The minimum Gasteiger partial charge on any atom is -0.316 e. The molecule has 1 aliphatic rings. The van der Waals surface area contributed by atoms with Gasteiger partial charge in [-0.1, -0.05) is 13.8 Å². The molecule has 1 saturated heterocycles. The van der Waals surface area contributed by atoms with Crippen molar-refractivity contribution in [3.63, 3.8) is 0 Å². The van der Waals surface area contributed by atoms with Crippen LogP contribution in [0, 0.1) is 0 Å². The molecule has 1 aliphatic heterocycles. The summed E-state index contributed by atoms with van der Waals surface area (Å²) in [5.41, 5.74) is 0. The summed E-state index contributed by atoms with van der Waals surface area (Å²) in [5.74, 6) is 0. The molecule has 2 heteroatoms. The van der Waals surface area contributed by atoms with E-state index in [-0.39, 0.29) is 0 Å². The van der Waals surface area contributed by atoms with E-state index in [4.69, 9.17) is 0 Å². The molecule has 0 spiro atoms. The second-order valence-electron chi connectivity index (χ2n) is 3.74. The van der Waals surface area contributed by atoms with Crippen molar-refractivity contribution in [3.8, 4) is 0 Å². The zero-order chi connectivity index (χ0) is 8.97. The van der Waals surface area contributed by atoms with Crippen molar-refractivity contribution in [3.05, 3.63) is 0 Å². The molecule has 2 nitrogen and oxygen atoms in total. The highest BCUT2D eigenvalue weighted by molar-refractivity contribution is 4.83. The molecule has 0 aliphatic carbocycles. The normalized spacial score (nSPS) is 25.5. The molecular formula is C10H22N2. The van der Waals surface area contributed by atoms with Crippen molar-refractivity contribution in [1.29, 1.82) is 0 Å². The van der Waals surface area contributed by atoms with Crippen LogP contribution >= 0.6 is 0 Å². The molecule has 1 N–H and O–H groups in total. The number of rotatable bonds is 4. The van der Waals surface area contributed by atoms with E-state index in [0.717, 1.165) is 12.1 Å². The van der Waals surface area contributed by atoms with Crippen molar-refractivity contribution in [2.75, 3.05) is 20.1 Å². The number of likely N-dealkylation sites (N-methyl/N-ethyl adjacent to an activating group) is 1. The average Bonchev–Trinajstić information content (AvgIpc) is 2.55. The lowest BCUT2D eigenvalue weighted by atomic mass is 10.1. The van der Waals surface area contributed by atoms with Gasteiger partial charge in [-0.3, -0.25) is 4.90 Å². The Morgan fingerprint density at radius 2 is 2.08 bits per heavy atom. The lowest BCUT2D eigenvalue weighted by molar-refractivity contribution is 0.225. The van der Waals surface area contributed by atoms with Crippen molar-refractivity contribution >= 4 is 0 Å². The molecule has 0 aromatic rings. The Balaban J connectivity index is 2.34. The van der Waals surface area contributed by atoms with Gasteiger partial charge in [-0.15, -0.1) is 0 Å². The lowest BCUT2D eigenvalue weighted by Crippen LogP contribution is -2.35. The van der Waals surface area contributed by atoms with Crippen molar-refractivity contribution < 1.29 is 0 Å². The number of nitrogens with one attached hydrogen (secondary N) is 1. The first-order valence-corrected chi connectivity index (χ1v) is 5.23. The van der Waals surface area contributed by atoms with E-state index in [9.17, 15) is 0 Å². The fourth-order valence-electron chi connectivity index (χ4n) is 2.16. The lowest BCUT2D eigenvalue weighted by Gasteiger charge is -2.25. The van der Waals surface area contributed by atoms with Crippen LogP contribution in [0.1, 0.15) is 33.1 Å². The van der Waals surface area contributed by atoms with Crippen molar-refractivity contribution in [1.82, 2.24) is 10.2 Å². The SMILES string of the molecule is CCC(CC)N1CCC(NC)C1. The third-order valence-corrected chi connectivity index (χ3v) is 3.09. The van der Waals surface area contributed by atoms with Gasteiger partial charge in [0.1, 0.15) is 0 Å². The summed E-state index contributed by atoms with van der Waals surface area (Å²) in [5, 5.41) is 3.36. The Labute approximate surface area is 76.3 Å².